The van der Waals surface area contributed by atoms with E-state index >= 15 is 0 Å². The van der Waals surface area contributed by atoms with Gasteiger partial charge in [-0.2, -0.15) is 0 Å². The van der Waals surface area contributed by atoms with Crippen LogP contribution in [0.2, 0.25) is 0 Å². The fraction of sp³-hybridized carbons (Fsp3) is 0.312. The first kappa shape index (κ1) is 31.0. The van der Waals surface area contributed by atoms with Crippen LogP contribution in [0.15, 0.2) is 72.8 Å². The summed E-state index contributed by atoms with van der Waals surface area (Å²) in [6, 6.07) is 19.2. The number of carbonyl (C=O) groups is 2. The number of ether oxygens (including phenoxy) is 2. The molecule has 1 fully saturated rings. The number of nitro benzene ring substituents is 1. The summed E-state index contributed by atoms with van der Waals surface area (Å²) in [4.78, 5) is 40.9. The van der Waals surface area contributed by atoms with Crippen molar-refractivity contribution in [3.05, 3.63) is 94.0 Å². The number of methoxy groups -OCH3 is 1. The highest BCUT2D eigenvalue weighted by Crippen LogP contribution is 2.31. The van der Waals surface area contributed by atoms with E-state index in [1.54, 1.807) is 37.5 Å². The van der Waals surface area contributed by atoms with E-state index in [1.165, 1.54) is 18.2 Å². The maximum absolute atomic E-state index is 13.4. The molecule has 1 heterocycles. The van der Waals surface area contributed by atoms with Crippen molar-refractivity contribution in [2.24, 2.45) is 0 Å². The molecule has 0 aromatic heterocycles. The predicted octanol–water partition coefficient (Wildman–Crippen LogP) is 4.74. The van der Waals surface area contributed by atoms with Crippen LogP contribution in [0.5, 0.6) is 5.75 Å². The van der Waals surface area contributed by atoms with Crippen LogP contribution in [-0.2, 0) is 9.53 Å². The van der Waals surface area contributed by atoms with Gasteiger partial charge in [-0.15, -0.1) is 0 Å². The van der Waals surface area contributed by atoms with Crippen molar-refractivity contribution in [1.29, 1.82) is 0 Å². The van der Waals surface area contributed by atoms with Crippen molar-refractivity contribution in [2.45, 2.75) is 13.3 Å². The number of piperazine rings is 1. The fourth-order valence-electron chi connectivity index (χ4n) is 4.83. The van der Waals surface area contributed by atoms with Crippen molar-refractivity contribution in [2.75, 3.05) is 68.2 Å². The van der Waals surface area contributed by atoms with Gasteiger partial charge in [-0.1, -0.05) is 12.1 Å². The maximum Gasteiger partial charge on any atom is 0.269 e. The summed E-state index contributed by atoms with van der Waals surface area (Å²) in [6.45, 7) is 6.49. The van der Waals surface area contributed by atoms with Crippen LogP contribution in [0.25, 0.3) is 6.08 Å². The van der Waals surface area contributed by atoms with Gasteiger partial charge >= 0.3 is 0 Å². The van der Waals surface area contributed by atoms with Gasteiger partial charge in [-0.05, 0) is 67.4 Å². The third-order valence-electron chi connectivity index (χ3n) is 7.04. The van der Waals surface area contributed by atoms with Crippen LogP contribution < -0.4 is 25.2 Å². The molecular weight excluding hydrogens is 550 g/mol. The summed E-state index contributed by atoms with van der Waals surface area (Å²) in [6.07, 6.45) is 3.61. The zero-order valence-electron chi connectivity index (χ0n) is 24.5. The van der Waals surface area contributed by atoms with E-state index in [2.05, 4.69) is 20.4 Å². The van der Waals surface area contributed by atoms with E-state index in [1.807, 2.05) is 37.3 Å². The molecule has 0 spiro atoms. The molecule has 1 saturated heterocycles. The summed E-state index contributed by atoms with van der Waals surface area (Å²) >= 11 is 0. The quantitative estimate of drug-likeness (QED) is 0.127. The fourth-order valence-corrected chi connectivity index (χ4v) is 4.83. The van der Waals surface area contributed by atoms with Gasteiger partial charge in [0.05, 0.1) is 23.3 Å². The highest BCUT2D eigenvalue weighted by Gasteiger charge is 2.23. The van der Waals surface area contributed by atoms with Crippen molar-refractivity contribution in [3.8, 4) is 5.75 Å². The maximum atomic E-state index is 13.4. The molecule has 0 saturated carbocycles. The lowest BCUT2D eigenvalue weighted by Gasteiger charge is -2.38. The predicted molar refractivity (Wildman–Crippen MR) is 168 cm³/mol. The molecule has 0 unspecified atom stereocenters. The summed E-state index contributed by atoms with van der Waals surface area (Å²) in [5.74, 6) is 0.210. The largest absolute Gasteiger partial charge is 0.495 e. The monoisotopic (exact) mass is 587 g/mol. The molecular formula is C32H37N5O6. The molecule has 43 heavy (non-hydrogen) atoms. The molecule has 11 nitrogen and oxygen atoms in total. The second-order valence-corrected chi connectivity index (χ2v) is 9.86. The van der Waals surface area contributed by atoms with Gasteiger partial charge < -0.3 is 29.9 Å². The lowest BCUT2D eigenvalue weighted by Crippen LogP contribution is -2.47. The van der Waals surface area contributed by atoms with Gasteiger partial charge in [0, 0.05) is 75.5 Å². The third-order valence-corrected chi connectivity index (χ3v) is 7.04. The minimum absolute atomic E-state index is 0.0217. The summed E-state index contributed by atoms with van der Waals surface area (Å²) in [5, 5.41) is 16.7. The first-order valence-corrected chi connectivity index (χ1v) is 14.3. The third kappa shape index (κ3) is 8.55. The first-order chi connectivity index (χ1) is 20.9. The van der Waals surface area contributed by atoms with Crippen molar-refractivity contribution >= 4 is 40.6 Å². The van der Waals surface area contributed by atoms with Crippen molar-refractivity contribution < 1.29 is 24.0 Å². The van der Waals surface area contributed by atoms with E-state index < -0.39 is 4.92 Å². The lowest BCUT2D eigenvalue weighted by molar-refractivity contribution is -0.384. The number of hydrogen-bond acceptors (Lipinski definition) is 8. The van der Waals surface area contributed by atoms with E-state index in [9.17, 15) is 19.7 Å². The molecule has 4 rings (SSSR count). The lowest BCUT2D eigenvalue weighted by atomic mass is 10.1. The summed E-state index contributed by atoms with van der Waals surface area (Å²) < 4.78 is 10.9. The molecule has 0 radical (unpaired) electrons. The minimum Gasteiger partial charge on any atom is -0.495 e. The van der Waals surface area contributed by atoms with Crippen LogP contribution in [0.1, 0.15) is 29.3 Å². The molecule has 0 bridgehead atoms. The van der Waals surface area contributed by atoms with Crippen LogP contribution in [0, 0.1) is 10.1 Å². The van der Waals surface area contributed by atoms with Gasteiger partial charge in [0.15, 0.2) is 0 Å². The van der Waals surface area contributed by atoms with Crippen LogP contribution in [0.3, 0.4) is 0 Å². The molecule has 226 valence electrons. The second kappa shape index (κ2) is 15.4. The van der Waals surface area contributed by atoms with Gasteiger partial charge in [-0.3, -0.25) is 19.7 Å². The number of hydrogen-bond donors (Lipinski definition) is 2. The molecule has 11 heteroatoms. The molecule has 2 amide bonds. The minimum atomic E-state index is -0.475. The van der Waals surface area contributed by atoms with E-state index in [0.29, 0.717) is 56.1 Å². The number of non-ortho nitro benzene ring substituents is 1. The normalized spacial score (nSPS) is 13.2. The molecule has 3 aromatic rings. The molecule has 2 N–H and O–H groups in total. The standard InChI is InChI=1S/C32H37N5O6/c1-3-43-22-6-17-33-32(39)27-23-25(34-31(38)16-11-24-9-13-26(14-10-24)37(40)41)12-15-28(27)35-18-20-36(21-19-35)29-7-4-5-8-30(29)42-2/h4-5,7-16,23H,3,6,17-22H2,1-2H3,(H,33,39)(H,34,38). The number of nitro groups is 1. The number of nitrogens with zero attached hydrogens (tertiary/aromatic N) is 3. The highest BCUT2D eigenvalue weighted by molar-refractivity contribution is 6.05. The van der Waals surface area contributed by atoms with Crippen molar-refractivity contribution in [1.82, 2.24) is 5.32 Å². The Kier molecular flexibility index (Phi) is 11.1. The zero-order chi connectivity index (χ0) is 30.6. The molecule has 0 atom stereocenters. The number of carbonyl (C=O) groups excluding carboxylic acids is 2. The average Bonchev–Trinajstić information content (AvgIpc) is 3.04. The Bertz CT molecular complexity index is 1430. The first-order valence-electron chi connectivity index (χ1n) is 14.3. The van der Waals surface area contributed by atoms with Crippen LogP contribution in [0.4, 0.5) is 22.7 Å². The van der Waals surface area contributed by atoms with E-state index in [-0.39, 0.29) is 17.5 Å². The smallest absolute Gasteiger partial charge is 0.269 e. The highest BCUT2D eigenvalue weighted by atomic mass is 16.6. The average molecular weight is 588 g/mol. The summed E-state index contributed by atoms with van der Waals surface area (Å²) in [5.41, 5.74) is 3.41. The van der Waals surface area contributed by atoms with E-state index in [0.717, 1.165) is 30.2 Å². The number of amides is 2. The topological polar surface area (TPSA) is 126 Å². The summed E-state index contributed by atoms with van der Waals surface area (Å²) in [7, 11) is 1.67. The molecule has 1 aliphatic heterocycles. The van der Waals surface area contributed by atoms with Gasteiger partial charge in [0.2, 0.25) is 5.91 Å². The van der Waals surface area contributed by atoms with Crippen LogP contribution >= 0.6 is 0 Å². The van der Waals surface area contributed by atoms with Gasteiger partial charge in [0.25, 0.3) is 11.6 Å². The Hall–Kier alpha value is -4.90. The number of anilines is 3. The van der Waals surface area contributed by atoms with Gasteiger partial charge in [-0.25, -0.2) is 0 Å². The number of benzene rings is 3. The Morgan fingerprint density at radius 3 is 2.35 bits per heavy atom. The second-order valence-electron chi connectivity index (χ2n) is 9.86. The molecule has 1 aliphatic rings. The Morgan fingerprint density at radius 1 is 0.977 bits per heavy atom. The molecule has 0 aliphatic carbocycles. The zero-order valence-corrected chi connectivity index (χ0v) is 24.5. The van der Waals surface area contributed by atoms with Gasteiger partial charge in [0.1, 0.15) is 5.75 Å². The number of rotatable bonds is 13. The Labute approximate surface area is 251 Å². The number of para-hydroxylation sites is 2. The van der Waals surface area contributed by atoms with E-state index in [4.69, 9.17) is 9.47 Å². The van der Waals surface area contributed by atoms with Crippen molar-refractivity contribution in [3.63, 3.8) is 0 Å². The Balaban J connectivity index is 1.47. The SMILES string of the molecule is CCOCCCNC(=O)c1cc(NC(=O)C=Cc2ccc([N+](=O)[O-])cc2)ccc1N1CCN(c2ccccc2OC)CC1. The molecule has 3 aromatic carbocycles. The number of nitrogens with one attached hydrogen (secondary N) is 2. The Morgan fingerprint density at radius 2 is 1.67 bits per heavy atom. The van der Waals surface area contributed by atoms with Crippen LogP contribution in [-0.4, -0.2) is 69.8 Å².